The molecule has 0 fully saturated rings. The van der Waals surface area contributed by atoms with Crippen molar-refractivity contribution in [2.45, 2.75) is 11.1 Å². The van der Waals surface area contributed by atoms with Crippen molar-refractivity contribution in [2.24, 2.45) is 5.84 Å². The zero-order chi connectivity index (χ0) is 15.6. The average Bonchev–Trinajstić information content (AvgIpc) is 2.86. The number of nitrogens with zero attached hydrogens (tertiary/aromatic N) is 2. The van der Waals surface area contributed by atoms with Gasteiger partial charge in [0.2, 0.25) is 0 Å². The van der Waals surface area contributed by atoms with Crippen LogP contribution >= 0.6 is 11.3 Å². The summed E-state index contributed by atoms with van der Waals surface area (Å²) in [5.41, 5.74) is 2.70. The topological polar surface area (TPSA) is 140 Å². The van der Waals surface area contributed by atoms with Gasteiger partial charge in [0.1, 0.15) is 4.21 Å². The highest BCUT2D eigenvalue weighted by molar-refractivity contribution is 7.94. The summed E-state index contributed by atoms with van der Waals surface area (Å²) in [6.07, 6.45) is 2.89. The molecule has 0 spiro atoms. The molecule has 0 atom stereocenters. The average molecular weight is 329 g/mol. The van der Waals surface area contributed by atoms with Gasteiger partial charge in [-0.1, -0.05) is 11.3 Å². The minimum absolute atomic E-state index is 0.0386. The number of thiophene rings is 1. The van der Waals surface area contributed by atoms with Gasteiger partial charge in [0.05, 0.1) is 16.8 Å². The zero-order valence-electron chi connectivity index (χ0n) is 10.7. The number of nitro groups is 1. The lowest BCUT2D eigenvalue weighted by Gasteiger charge is -2.07. The third kappa shape index (κ3) is 3.09. The van der Waals surface area contributed by atoms with Crippen molar-refractivity contribution in [1.29, 1.82) is 0 Å². The number of rotatable bonds is 5. The second-order valence-electron chi connectivity index (χ2n) is 3.98. The standard InChI is InChI=1S/C10H11N5O4S2/c1-6-2-3-12-5-7(6)14-21(18,19)9-4-8(15(16)17)10(13-11)20-9/h2-5,13-14H,11H2,1H3. The number of hydrazine groups is 1. The molecule has 0 saturated heterocycles. The van der Waals surface area contributed by atoms with Gasteiger partial charge in [-0.2, -0.15) is 0 Å². The van der Waals surface area contributed by atoms with Crippen molar-refractivity contribution in [3.63, 3.8) is 0 Å². The van der Waals surface area contributed by atoms with E-state index >= 15 is 0 Å². The van der Waals surface area contributed by atoms with Crippen LogP contribution in [0.4, 0.5) is 16.4 Å². The van der Waals surface area contributed by atoms with Crippen LogP contribution in [0.25, 0.3) is 0 Å². The Kier molecular flexibility index (Phi) is 4.06. The Morgan fingerprint density at radius 2 is 2.19 bits per heavy atom. The summed E-state index contributed by atoms with van der Waals surface area (Å²) < 4.78 is 26.6. The van der Waals surface area contributed by atoms with E-state index in [9.17, 15) is 18.5 Å². The Balaban J connectivity index is 2.41. The lowest BCUT2D eigenvalue weighted by Crippen LogP contribution is -2.12. The Morgan fingerprint density at radius 1 is 1.48 bits per heavy atom. The summed E-state index contributed by atoms with van der Waals surface area (Å²) in [6.45, 7) is 1.71. The number of nitrogens with one attached hydrogen (secondary N) is 2. The molecule has 0 aliphatic heterocycles. The molecular weight excluding hydrogens is 318 g/mol. The summed E-state index contributed by atoms with van der Waals surface area (Å²) in [5, 5.41) is 10.8. The van der Waals surface area contributed by atoms with Crippen molar-refractivity contribution < 1.29 is 13.3 Å². The molecular formula is C10H11N5O4S2. The van der Waals surface area contributed by atoms with Crippen LogP contribution in [0.3, 0.4) is 0 Å². The van der Waals surface area contributed by atoms with E-state index in [2.05, 4.69) is 15.1 Å². The Labute approximate surface area is 124 Å². The van der Waals surface area contributed by atoms with Crippen LogP contribution < -0.4 is 16.0 Å². The van der Waals surface area contributed by atoms with Gasteiger partial charge >= 0.3 is 5.69 Å². The highest BCUT2D eigenvalue weighted by Gasteiger charge is 2.26. The number of hydrogen-bond donors (Lipinski definition) is 3. The molecule has 112 valence electrons. The van der Waals surface area contributed by atoms with Gasteiger partial charge in [-0.3, -0.25) is 19.8 Å². The molecule has 9 nitrogen and oxygen atoms in total. The van der Waals surface area contributed by atoms with Crippen LogP contribution in [0.1, 0.15) is 5.56 Å². The highest BCUT2D eigenvalue weighted by Crippen LogP contribution is 2.37. The second kappa shape index (κ2) is 5.63. The van der Waals surface area contributed by atoms with Gasteiger partial charge in [0.25, 0.3) is 10.0 Å². The van der Waals surface area contributed by atoms with E-state index in [1.54, 1.807) is 13.0 Å². The van der Waals surface area contributed by atoms with Gasteiger partial charge in [0.15, 0.2) is 5.00 Å². The van der Waals surface area contributed by atoms with Gasteiger partial charge < -0.3 is 5.43 Å². The summed E-state index contributed by atoms with van der Waals surface area (Å²) in [4.78, 5) is 13.9. The van der Waals surface area contributed by atoms with Gasteiger partial charge in [0, 0.05) is 12.3 Å². The SMILES string of the molecule is Cc1ccncc1NS(=O)(=O)c1cc([N+](=O)[O-])c(NN)s1. The van der Waals surface area contributed by atoms with E-state index in [1.165, 1.54) is 12.4 Å². The quantitative estimate of drug-likeness (QED) is 0.428. The lowest BCUT2D eigenvalue weighted by atomic mass is 10.3. The van der Waals surface area contributed by atoms with Crippen molar-refractivity contribution >= 4 is 37.7 Å². The largest absolute Gasteiger partial charge is 0.310 e. The minimum Gasteiger partial charge on any atom is -0.310 e. The fourth-order valence-corrected chi connectivity index (χ4v) is 3.85. The van der Waals surface area contributed by atoms with Crippen molar-refractivity contribution in [3.8, 4) is 0 Å². The van der Waals surface area contributed by atoms with E-state index in [0.29, 0.717) is 22.6 Å². The molecule has 2 aromatic rings. The first-order valence-corrected chi connectivity index (χ1v) is 7.83. The van der Waals surface area contributed by atoms with Crippen LogP contribution in [0, 0.1) is 17.0 Å². The molecule has 11 heteroatoms. The monoisotopic (exact) mass is 329 g/mol. The third-order valence-corrected chi connectivity index (χ3v) is 5.46. The van der Waals surface area contributed by atoms with E-state index in [1.807, 2.05) is 0 Å². The number of anilines is 2. The smallest absolute Gasteiger partial charge is 0.306 e. The summed E-state index contributed by atoms with van der Waals surface area (Å²) in [7, 11) is -3.95. The van der Waals surface area contributed by atoms with Gasteiger partial charge in [-0.25, -0.2) is 14.3 Å². The fraction of sp³-hybridized carbons (Fsp3) is 0.100. The van der Waals surface area contributed by atoms with Gasteiger partial charge in [-0.05, 0) is 18.6 Å². The number of nitrogen functional groups attached to an aromatic ring is 1. The van der Waals surface area contributed by atoms with Crippen LogP contribution in [-0.4, -0.2) is 18.3 Å². The molecule has 0 aliphatic carbocycles. The van der Waals surface area contributed by atoms with E-state index in [0.717, 1.165) is 6.07 Å². The molecule has 2 rings (SSSR count). The molecule has 0 unspecified atom stereocenters. The second-order valence-corrected chi connectivity index (χ2v) is 6.94. The lowest BCUT2D eigenvalue weighted by molar-refractivity contribution is -0.383. The summed E-state index contributed by atoms with van der Waals surface area (Å²) >= 11 is 0.671. The van der Waals surface area contributed by atoms with Crippen LogP contribution in [0.2, 0.25) is 0 Å². The van der Waals surface area contributed by atoms with E-state index in [-0.39, 0.29) is 9.21 Å². The third-order valence-electron chi connectivity index (χ3n) is 2.57. The number of aromatic nitrogens is 1. The zero-order valence-corrected chi connectivity index (χ0v) is 12.4. The maximum atomic E-state index is 12.2. The molecule has 0 aliphatic rings. The first kappa shape index (κ1) is 15.2. The molecule has 21 heavy (non-hydrogen) atoms. The minimum atomic E-state index is -3.95. The normalized spacial score (nSPS) is 11.1. The Hall–Kier alpha value is -2.24. The number of hydrogen-bond acceptors (Lipinski definition) is 8. The summed E-state index contributed by atoms with van der Waals surface area (Å²) in [6, 6.07) is 2.59. The molecule has 0 bridgehead atoms. The van der Waals surface area contributed by atoms with Gasteiger partial charge in [-0.15, -0.1) is 0 Å². The van der Waals surface area contributed by atoms with Crippen molar-refractivity contribution in [2.75, 3.05) is 10.1 Å². The Morgan fingerprint density at radius 3 is 2.71 bits per heavy atom. The number of nitrogens with two attached hydrogens (primary N) is 1. The maximum Gasteiger partial charge on any atom is 0.306 e. The summed E-state index contributed by atoms with van der Waals surface area (Å²) in [5.74, 6) is 5.15. The number of sulfonamides is 1. The van der Waals surface area contributed by atoms with Crippen LogP contribution in [0.15, 0.2) is 28.7 Å². The van der Waals surface area contributed by atoms with E-state index in [4.69, 9.17) is 5.84 Å². The highest BCUT2D eigenvalue weighted by atomic mass is 32.2. The molecule has 2 heterocycles. The van der Waals surface area contributed by atoms with Crippen molar-refractivity contribution in [3.05, 3.63) is 40.2 Å². The molecule has 0 radical (unpaired) electrons. The molecule has 2 aromatic heterocycles. The molecule has 0 saturated carbocycles. The molecule has 0 aromatic carbocycles. The fourth-order valence-electron chi connectivity index (χ4n) is 1.50. The van der Waals surface area contributed by atoms with Crippen LogP contribution in [-0.2, 0) is 10.0 Å². The van der Waals surface area contributed by atoms with Crippen LogP contribution in [0.5, 0.6) is 0 Å². The molecule has 0 amide bonds. The maximum absolute atomic E-state index is 12.2. The number of aryl methyl sites for hydroxylation is 1. The number of pyridine rings is 1. The predicted octanol–water partition coefficient (Wildman–Crippen LogP) is 1.45. The van der Waals surface area contributed by atoms with E-state index < -0.39 is 20.6 Å². The molecule has 4 N–H and O–H groups in total. The van der Waals surface area contributed by atoms with Crippen molar-refractivity contribution in [1.82, 2.24) is 4.98 Å². The first-order valence-electron chi connectivity index (χ1n) is 5.53. The predicted molar refractivity (Wildman–Crippen MR) is 78.6 cm³/mol. The first-order chi connectivity index (χ1) is 9.85. The Bertz CT molecular complexity index is 786.